The highest BCUT2D eigenvalue weighted by Gasteiger charge is 2.26. The van der Waals surface area contributed by atoms with E-state index >= 15 is 0 Å². The summed E-state index contributed by atoms with van der Waals surface area (Å²) in [4.78, 5) is 16.6. The number of carbonyl (C=O) groups excluding carboxylic acids is 1. The largest absolute Gasteiger partial charge is 0.458 e. The van der Waals surface area contributed by atoms with Crippen LogP contribution in [0.25, 0.3) is 28.1 Å². The van der Waals surface area contributed by atoms with Crippen molar-refractivity contribution in [1.82, 2.24) is 4.98 Å². The van der Waals surface area contributed by atoms with E-state index in [-0.39, 0.29) is 18.2 Å². The van der Waals surface area contributed by atoms with Crippen molar-refractivity contribution < 1.29 is 19.0 Å². The molecule has 4 rings (SSSR count). The summed E-state index contributed by atoms with van der Waals surface area (Å²) in [7, 11) is 0. The third-order valence-electron chi connectivity index (χ3n) is 5.37. The van der Waals surface area contributed by atoms with Crippen molar-refractivity contribution in [2.45, 2.75) is 44.8 Å². The fourth-order valence-corrected chi connectivity index (χ4v) is 4.13. The molecule has 1 N–H and O–H groups in total. The van der Waals surface area contributed by atoms with E-state index < -0.39 is 18.2 Å². The highest BCUT2D eigenvalue weighted by molar-refractivity contribution is 6.31. The van der Waals surface area contributed by atoms with Crippen LogP contribution in [0.15, 0.2) is 48.5 Å². The van der Waals surface area contributed by atoms with Crippen molar-refractivity contribution in [3.63, 3.8) is 0 Å². The number of aliphatic hydroxyl groups is 1. The molecule has 6 heteroatoms. The van der Waals surface area contributed by atoms with Gasteiger partial charge in [-0.05, 0) is 36.3 Å². The number of carbonyl (C=O) groups is 1. The van der Waals surface area contributed by atoms with E-state index in [1.165, 1.54) is 6.07 Å². The summed E-state index contributed by atoms with van der Waals surface area (Å²) in [6.45, 7) is 4.05. The van der Waals surface area contributed by atoms with Gasteiger partial charge in [-0.3, -0.25) is 9.78 Å². The van der Waals surface area contributed by atoms with Crippen LogP contribution in [-0.2, 0) is 9.53 Å². The minimum atomic E-state index is -0.736. The number of fused-ring (bicyclic) bond motifs is 1. The van der Waals surface area contributed by atoms with Crippen LogP contribution in [0.1, 0.15) is 43.9 Å². The highest BCUT2D eigenvalue weighted by atomic mass is 35.5. The van der Waals surface area contributed by atoms with Crippen LogP contribution in [0.5, 0.6) is 0 Å². The molecule has 0 bridgehead atoms. The lowest BCUT2D eigenvalue weighted by atomic mass is 9.90. The molecule has 0 saturated carbocycles. The zero-order valence-corrected chi connectivity index (χ0v) is 18.1. The number of aliphatic hydroxyl groups excluding tert-OH is 1. The first kappa shape index (κ1) is 21.5. The zero-order chi connectivity index (χ0) is 22.1. The standard InChI is InChI=1S/C25H23ClFNO3/c1-14(2)25-19(9-8-17-12-16(29)13-23(30)31-17)24(18-5-3-4-6-21(18)27)20-11-15(26)7-10-22(20)28-25/h3-11,14,16-17,29H,12-13H2,1-2H3/t16-,17-/m0/s1. The average Bonchev–Trinajstić information content (AvgIpc) is 2.71. The van der Waals surface area contributed by atoms with Crippen LogP contribution in [0.4, 0.5) is 4.39 Å². The topological polar surface area (TPSA) is 59.4 Å². The Hall–Kier alpha value is -2.76. The van der Waals surface area contributed by atoms with Gasteiger partial charge in [-0.1, -0.05) is 49.7 Å². The van der Waals surface area contributed by atoms with Gasteiger partial charge in [-0.15, -0.1) is 0 Å². The smallest absolute Gasteiger partial charge is 0.309 e. The van der Waals surface area contributed by atoms with Gasteiger partial charge in [0.15, 0.2) is 0 Å². The third-order valence-corrected chi connectivity index (χ3v) is 5.61. The normalized spacial score (nSPS) is 19.4. The minimum absolute atomic E-state index is 0.00189. The van der Waals surface area contributed by atoms with Gasteiger partial charge < -0.3 is 9.84 Å². The Balaban J connectivity index is 1.97. The zero-order valence-electron chi connectivity index (χ0n) is 17.3. The second kappa shape index (κ2) is 8.77. The second-order valence-electron chi connectivity index (χ2n) is 8.06. The van der Waals surface area contributed by atoms with Crippen LogP contribution in [0.2, 0.25) is 5.02 Å². The highest BCUT2D eigenvalue weighted by Crippen LogP contribution is 2.38. The Morgan fingerprint density at radius 1 is 1.26 bits per heavy atom. The molecule has 1 saturated heterocycles. The summed E-state index contributed by atoms with van der Waals surface area (Å²) in [5, 5.41) is 11.2. The van der Waals surface area contributed by atoms with Crippen molar-refractivity contribution in [1.29, 1.82) is 0 Å². The maximum atomic E-state index is 14.9. The number of cyclic esters (lactones) is 1. The number of esters is 1. The molecule has 0 amide bonds. The number of aromatic nitrogens is 1. The first-order valence-electron chi connectivity index (χ1n) is 10.3. The van der Waals surface area contributed by atoms with Gasteiger partial charge in [-0.25, -0.2) is 4.39 Å². The molecule has 1 aromatic heterocycles. The monoisotopic (exact) mass is 439 g/mol. The van der Waals surface area contributed by atoms with Crippen molar-refractivity contribution in [2.75, 3.05) is 0 Å². The lowest BCUT2D eigenvalue weighted by molar-refractivity contribution is -0.156. The van der Waals surface area contributed by atoms with Crippen molar-refractivity contribution in [3.05, 3.63) is 70.6 Å². The van der Waals surface area contributed by atoms with Gasteiger partial charge in [0.25, 0.3) is 0 Å². The Morgan fingerprint density at radius 2 is 2.03 bits per heavy atom. The summed E-state index contributed by atoms with van der Waals surface area (Å²) in [5.74, 6) is -0.723. The number of ether oxygens (including phenoxy) is 1. The average molecular weight is 440 g/mol. The molecule has 160 valence electrons. The summed E-state index contributed by atoms with van der Waals surface area (Å²) in [5.41, 5.74) is 3.40. The number of pyridine rings is 1. The van der Waals surface area contributed by atoms with Crippen LogP contribution < -0.4 is 0 Å². The van der Waals surface area contributed by atoms with E-state index in [4.69, 9.17) is 21.3 Å². The van der Waals surface area contributed by atoms with Crippen LogP contribution in [0, 0.1) is 5.82 Å². The van der Waals surface area contributed by atoms with Crippen molar-refractivity contribution in [2.24, 2.45) is 0 Å². The van der Waals surface area contributed by atoms with E-state index in [2.05, 4.69) is 0 Å². The number of rotatable bonds is 4. The summed E-state index contributed by atoms with van der Waals surface area (Å²) < 4.78 is 20.3. The number of benzene rings is 2. The fraction of sp³-hybridized carbons (Fsp3) is 0.280. The van der Waals surface area contributed by atoms with Crippen LogP contribution in [0.3, 0.4) is 0 Å². The SMILES string of the molecule is CC(C)c1nc2ccc(Cl)cc2c(-c2ccccc2F)c1C=C[C@H]1C[C@H](O)CC(=O)O1. The molecule has 2 aromatic carbocycles. The van der Waals surface area contributed by atoms with Crippen molar-refractivity contribution in [3.8, 4) is 11.1 Å². The molecule has 3 aromatic rings. The van der Waals surface area contributed by atoms with E-state index in [9.17, 15) is 14.3 Å². The van der Waals surface area contributed by atoms with Gasteiger partial charge in [-0.2, -0.15) is 0 Å². The maximum Gasteiger partial charge on any atom is 0.309 e. The van der Waals surface area contributed by atoms with E-state index in [1.807, 2.05) is 26.0 Å². The predicted octanol–water partition coefficient (Wildman–Crippen LogP) is 5.90. The molecule has 0 aliphatic carbocycles. The lowest BCUT2D eigenvalue weighted by Gasteiger charge is -2.24. The lowest BCUT2D eigenvalue weighted by Crippen LogP contribution is -2.31. The summed E-state index contributed by atoms with van der Waals surface area (Å²) in [6, 6.07) is 12.0. The molecular formula is C25H23ClFNO3. The van der Waals surface area contributed by atoms with E-state index in [0.29, 0.717) is 22.6 Å². The first-order valence-corrected chi connectivity index (χ1v) is 10.6. The Kier molecular flexibility index (Phi) is 6.08. The van der Waals surface area contributed by atoms with Crippen molar-refractivity contribution >= 4 is 34.5 Å². The van der Waals surface area contributed by atoms with Gasteiger partial charge in [0.1, 0.15) is 11.9 Å². The number of nitrogens with zero attached hydrogens (tertiary/aromatic N) is 1. The minimum Gasteiger partial charge on any atom is -0.458 e. The molecule has 1 aliphatic rings. The molecular weight excluding hydrogens is 417 g/mol. The van der Waals surface area contributed by atoms with Gasteiger partial charge >= 0.3 is 5.97 Å². The van der Waals surface area contributed by atoms with Gasteiger partial charge in [0.2, 0.25) is 0 Å². The second-order valence-corrected chi connectivity index (χ2v) is 8.50. The first-order chi connectivity index (χ1) is 14.8. The Labute approximate surface area is 185 Å². The Morgan fingerprint density at radius 3 is 2.74 bits per heavy atom. The Bertz CT molecular complexity index is 1170. The summed E-state index contributed by atoms with van der Waals surface area (Å²) in [6.07, 6.45) is 2.59. The van der Waals surface area contributed by atoms with E-state index in [1.54, 1.807) is 36.4 Å². The molecule has 4 nitrogen and oxygen atoms in total. The fourth-order valence-electron chi connectivity index (χ4n) is 3.96. The molecule has 1 fully saturated rings. The number of halogens is 2. The molecule has 2 atom stereocenters. The summed E-state index contributed by atoms with van der Waals surface area (Å²) >= 11 is 6.28. The predicted molar refractivity (Wildman–Crippen MR) is 120 cm³/mol. The third kappa shape index (κ3) is 4.48. The van der Waals surface area contributed by atoms with Crippen LogP contribution >= 0.6 is 11.6 Å². The molecule has 1 aliphatic heterocycles. The molecule has 0 spiro atoms. The number of hydrogen-bond donors (Lipinski definition) is 1. The quantitative estimate of drug-likeness (QED) is 0.514. The van der Waals surface area contributed by atoms with E-state index in [0.717, 1.165) is 22.2 Å². The molecule has 2 heterocycles. The number of hydrogen-bond acceptors (Lipinski definition) is 4. The maximum absolute atomic E-state index is 14.9. The molecule has 0 unspecified atom stereocenters. The molecule has 31 heavy (non-hydrogen) atoms. The van der Waals surface area contributed by atoms with Crippen LogP contribution in [-0.4, -0.2) is 28.3 Å². The van der Waals surface area contributed by atoms with Gasteiger partial charge in [0.05, 0.1) is 23.7 Å². The van der Waals surface area contributed by atoms with Gasteiger partial charge in [0, 0.05) is 33.5 Å². The molecule has 0 radical (unpaired) electrons.